The molecule has 3 aromatic carbocycles. The number of carbonyl (C=O) groups is 1. The van der Waals surface area contributed by atoms with Gasteiger partial charge in [-0.2, -0.15) is 0 Å². The molecule has 3 aromatic rings. The minimum atomic E-state index is -0.940. The third kappa shape index (κ3) is 2.87. The van der Waals surface area contributed by atoms with Crippen LogP contribution in [0.3, 0.4) is 0 Å². The summed E-state index contributed by atoms with van der Waals surface area (Å²) in [5.41, 5.74) is 0.999. The second kappa shape index (κ2) is 6.06. The first-order valence-corrected chi connectivity index (χ1v) is 8.33. The highest BCUT2D eigenvalue weighted by molar-refractivity contribution is 6.00. The molecule has 4 rings (SSSR count). The summed E-state index contributed by atoms with van der Waals surface area (Å²) < 4.78 is 5.98. The Hall–Kier alpha value is -3.13. The predicted molar refractivity (Wildman–Crippen MR) is 101 cm³/mol. The van der Waals surface area contributed by atoms with E-state index in [1.165, 1.54) is 10.8 Å². The maximum Gasteiger partial charge on any atom is 0.207 e. The number of allylic oxidation sites excluding steroid dienone is 1. The van der Waals surface area contributed by atoms with Crippen LogP contribution in [-0.4, -0.2) is 5.78 Å². The van der Waals surface area contributed by atoms with Gasteiger partial charge < -0.3 is 4.74 Å². The van der Waals surface area contributed by atoms with Crippen molar-refractivity contribution in [2.24, 2.45) is 0 Å². The minimum Gasteiger partial charge on any atom is -0.475 e. The van der Waals surface area contributed by atoms with E-state index in [1.807, 2.05) is 61.5 Å². The van der Waals surface area contributed by atoms with Crippen LogP contribution in [-0.2, 0) is 15.1 Å². The summed E-state index contributed by atoms with van der Waals surface area (Å²) in [5.74, 6) is 0.557. The van der Waals surface area contributed by atoms with Gasteiger partial charge in [-0.15, -0.1) is 0 Å². The Bertz CT molecular complexity index is 999. The van der Waals surface area contributed by atoms with E-state index in [1.54, 1.807) is 6.08 Å². The maximum atomic E-state index is 12.5. The number of hydrogen-bond donors (Lipinski definition) is 0. The van der Waals surface area contributed by atoms with E-state index in [0.717, 1.165) is 11.1 Å². The fourth-order valence-corrected chi connectivity index (χ4v) is 3.11. The summed E-state index contributed by atoms with van der Waals surface area (Å²) in [5, 5.41) is 2.40. The number of fused-ring (bicyclic) bond motifs is 1. The van der Waals surface area contributed by atoms with E-state index in [9.17, 15) is 4.79 Å². The summed E-state index contributed by atoms with van der Waals surface area (Å²) in [4.78, 5) is 12.5. The van der Waals surface area contributed by atoms with Crippen molar-refractivity contribution in [3.63, 3.8) is 0 Å². The first kappa shape index (κ1) is 15.4. The fraction of sp³-hybridized carbons (Fsp3) is 0.0870. The molecule has 122 valence electrons. The average Bonchev–Trinajstić information content (AvgIpc) is 2.96. The molecule has 25 heavy (non-hydrogen) atoms. The standard InChI is InChI=1S/C23H18O2/c1-23(20-9-3-2-4-10-20)22(24)16-21(25-23)14-12-17-11-13-18-7-5-6-8-19(18)15-17/h2-16H,1H3/b14-12+. The first-order chi connectivity index (χ1) is 12.1. The zero-order valence-corrected chi connectivity index (χ0v) is 14.0. The summed E-state index contributed by atoms with van der Waals surface area (Å²) in [6.07, 6.45) is 5.41. The summed E-state index contributed by atoms with van der Waals surface area (Å²) in [7, 11) is 0. The molecule has 1 aliphatic rings. The van der Waals surface area contributed by atoms with E-state index in [-0.39, 0.29) is 5.78 Å². The predicted octanol–water partition coefficient (Wildman–Crippen LogP) is 5.25. The van der Waals surface area contributed by atoms with Gasteiger partial charge in [-0.25, -0.2) is 0 Å². The van der Waals surface area contributed by atoms with Gasteiger partial charge in [-0.3, -0.25) is 4.79 Å². The van der Waals surface area contributed by atoms with E-state index in [2.05, 4.69) is 30.3 Å². The van der Waals surface area contributed by atoms with Gasteiger partial charge in [0.2, 0.25) is 5.78 Å². The smallest absolute Gasteiger partial charge is 0.207 e. The van der Waals surface area contributed by atoms with Crippen molar-refractivity contribution < 1.29 is 9.53 Å². The zero-order valence-electron chi connectivity index (χ0n) is 14.0. The first-order valence-electron chi connectivity index (χ1n) is 8.33. The van der Waals surface area contributed by atoms with Crippen molar-refractivity contribution in [3.8, 4) is 0 Å². The van der Waals surface area contributed by atoms with Crippen LogP contribution in [0.25, 0.3) is 16.8 Å². The molecular formula is C23H18O2. The van der Waals surface area contributed by atoms with Crippen LogP contribution in [0.15, 0.2) is 90.7 Å². The molecule has 0 aromatic heterocycles. The van der Waals surface area contributed by atoms with E-state index < -0.39 is 5.60 Å². The number of ketones is 1. The quantitative estimate of drug-likeness (QED) is 0.657. The van der Waals surface area contributed by atoms with Crippen LogP contribution in [0.1, 0.15) is 18.1 Å². The largest absolute Gasteiger partial charge is 0.475 e. The second-order valence-electron chi connectivity index (χ2n) is 6.35. The van der Waals surface area contributed by atoms with Crippen molar-refractivity contribution in [1.82, 2.24) is 0 Å². The number of hydrogen-bond acceptors (Lipinski definition) is 2. The topological polar surface area (TPSA) is 26.3 Å². The highest BCUT2D eigenvalue weighted by Gasteiger charge is 2.40. The Morgan fingerprint density at radius 2 is 1.56 bits per heavy atom. The molecule has 0 saturated heterocycles. The molecule has 0 amide bonds. The number of benzene rings is 3. The van der Waals surface area contributed by atoms with Gasteiger partial charge in [0.05, 0.1) is 0 Å². The number of rotatable bonds is 3. The highest BCUT2D eigenvalue weighted by atomic mass is 16.5. The van der Waals surface area contributed by atoms with Crippen LogP contribution >= 0.6 is 0 Å². The van der Waals surface area contributed by atoms with Gasteiger partial charge in [0.15, 0.2) is 5.60 Å². The Balaban J connectivity index is 1.57. The monoisotopic (exact) mass is 326 g/mol. The minimum absolute atomic E-state index is 0.0307. The van der Waals surface area contributed by atoms with E-state index in [4.69, 9.17) is 4.74 Å². The van der Waals surface area contributed by atoms with Gasteiger partial charge in [-0.1, -0.05) is 72.8 Å². The molecular weight excluding hydrogens is 308 g/mol. The molecule has 0 saturated carbocycles. The second-order valence-corrected chi connectivity index (χ2v) is 6.35. The Morgan fingerprint density at radius 3 is 2.36 bits per heavy atom. The molecule has 0 aliphatic carbocycles. The van der Waals surface area contributed by atoms with Gasteiger partial charge >= 0.3 is 0 Å². The lowest BCUT2D eigenvalue weighted by Crippen LogP contribution is -2.29. The van der Waals surface area contributed by atoms with Crippen molar-refractivity contribution in [1.29, 1.82) is 0 Å². The van der Waals surface area contributed by atoms with Crippen LogP contribution in [0.2, 0.25) is 0 Å². The third-order valence-electron chi connectivity index (χ3n) is 4.60. The molecule has 0 N–H and O–H groups in total. The third-order valence-corrected chi connectivity index (χ3v) is 4.60. The van der Waals surface area contributed by atoms with Crippen molar-refractivity contribution in [2.75, 3.05) is 0 Å². The van der Waals surface area contributed by atoms with Gasteiger partial charge in [0.1, 0.15) is 5.76 Å². The highest BCUT2D eigenvalue weighted by Crippen LogP contribution is 2.35. The molecule has 0 fully saturated rings. The summed E-state index contributed by atoms with van der Waals surface area (Å²) in [6, 6.07) is 24.1. The van der Waals surface area contributed by atoms with Crippen molar-refractivity contribution >= 4 is 22.6 Å². The molecule has 0 radical (unpaired) electrons. The molecule has 1 atom stereocenters. The maximum absolute atomic E-state index is 12.5. The fourth-order valence-electron chi connectivity index (χ4n) is 3.11. The lowest BCUT2D eigenvalue weighted by atomic mass is 9.92. The summed E-state index contributed by atoms with van der Waals surface area (Å²) in [6.45, 7) is 1.82. The van der Waals surface area contributed by atoms with Gasteiger partial charge in [0, 0.05) is 11.6 Å². The summed E-state index contributed by atoms with van der Waals surface area (Å²) >= 11 is 0. The van der Waals surface area contributed by atoms with Crippen LogP contribution in [0.5, 0.6) is 0 Å². The Labute approximate surface area is 147 Å². The lowest BCUT2D eigenvalue weighted by Gasteiger charge is -2.23. The molecule has 1 aliphatic heterocycles. The normalized spacial score (nSPS) is 20.0. The molecule has 2 heteroatoms. The zero-order chi connectivity index (χ0) is 17.3. The molecule has 0 spiro atoms. The van der Waals surface area contributed by atoms with Gasteiger partial charge in [0.25, 0.3) is 0 Å². The van der Waals surface area contributed by atoms with Crippen molar-refractivity contribution in [2.45, 2.75) is 12.5 Å². The Morgan fingerprint density at radius 1 is 0.840 bits per heavy atom. The SMILES string of the molecule is CC1(c2ccccc2)OC(/C=C/c2ccc3ccccc3c2)=CC1=O. The molecule has 2 nitrogen and oxygen atoms in total. The molecule has 0 bridgehead atoms. The average molecular weight is 326 g/mol. The number of ether oxygens (including phenoxy) is 1. The van der Waals surface area contributed by atoms with Crippen LogP contribution < -0.4 is 0 Å². The van der Waals surface area contributed by atoms with E-state index >= 15 is 0 Å². The van der Waals surface area contributed by atoms with Gasteiger partial charge in [-0.05, 0) is 35.4 Å². The number of carbonyl (C=O) groups excluding carboxylic acids is 1. The lowest BCUT2D eigenvalue weighted by molar-refractivity contribution is -0.129. The van der Waals surface area contributed by atoms with E-state index in [0.29, 0.717) is 5.76 Å². The van der Waals surface area contributed by atoms with Crippen molar-refractivity contribution in [3.05, 3.63) is 102 Å². The van der Waals surface area contributed by atoms with Crippen LogP contribution in [0.4, 0.5) is 0 Å². The Kier molecular flexibility index (Phi) is 3.73. The molecule has 1 heterocycles. The molecule has 1 unspecified atom stereocenters. The van der Waals surface area contributed by atoms with Crippen LogP contribution in [0, 0.1) is 0 Å².